The number of alkyl halides is 2. The Morgan fingerprint density at radius 2 is 1.97 bits per heavy atom. The Balaban J connectivity index is 1.89. The number of hydrogen-bond acceptors (Lipinski definition) is 6. The Kier molecular flexibility index (Phi) is 7.05. The standard InChI is InChI=1S/C24H26ClF2N3O3S/c1-4-33-19(31)13-30-20-15(6-8-17(25)22(20)34-5-2)21(32)16-7-9-18(28-23(16)30)29(3)12-14-10-24(26,27)11-14/h6-9,14H,4-5,10-13H2,1-3H3. The summed E-state index contributed by atoms with van der Waals surface area (Å²) in [6, 6.07) is 6.73. The number of fused-ring (bicyclic) bond motifs is 2. The van der Waals surface area contributed by atoms with Crippen molar-refractivity contribution in [1.29, 1.82) is 0 Å². The fourth-order valence-electron chi connectivity index (χ4n) is 4.45. The van der Waals surface area contributed by atoms with Crippen molar-refractivity contribution in [3.63, 3.8) is 0 Å². The number of hydrogen-bond donors (Lipinski definition) is 0. The Hall–Kier alpha value is -2.39. The molecule has 0 radical (unpaired) electrons. The van der Waals surface area contributed by atoms with E-state index < -0.39 is 11.9 Å². The molecule has 0 amide bonds. The number of carbonyl (C=O) groups is 1. The Labute approximate surface area is 205 Å². The van der Waals surface area contributed by atoms with E-state index in [-0.39, 0.29) is 37.3 Å². The first-order chi connectivity index (χ1) is 16.1. The third-order valence-electron chi connectivity index (χ3n) is 5.94. The van der Waals surface area contributed by atoms with E-state index >= 15 is 0 Å². The molecule has 1 aromatic carbocycles. The molecular weight excluding hydrogens is 484 g/mol. The maximum atomic E-state index is 13.4. The number of rotatable bonds is 8. The average molecular weight is 510 g/mol. The molecule has 182 valence electrons. The van der Waals surface area contributed by atoms with Crippen LogP contribution in [0, 0.1) is 5.92 Å². The van der Waals surface area contributed by atoms with Crippen LogP contribution in [0.25, 0.3) is 21.9 Å². The van der Waals surface area contributed by atoms with Crippen LogP contribution in [0.5, 0.6) is 0 Å². The Morgan fingerprint density at radius 3 is 2.62 bits per heavy atom. The van der Waals surface area contributed by atoms with Gasteiger partial charge in [-0.05, 0) is 42.9 Å². The van der Waals surface area contributed by atoms with Gasteiger partial charge in [0, 0.05) is 31.8 Å². The molecule has 1 aliphatic carbocycles. The van der Waals surface area contributed by atoms with Gasteiger partial charge >= 0.3 is 5.97 Å². The van der Waals surface area contributed by atoms with E-state index in [4.69, 9.17) is 21.3 Å². The maximum Gasteiger partial charge on any atom is 0.326 e. The quantitative estimate of drug-likeness (QED) is 0.231. The van der Waals surface area contributed by atoms with Gasteiger partial charge in [-0.2, -0.15) is 0 Å². The first-order valence-electron chi connectivity index (χ1n) is 11.2. The minimum atomic E-state index is -2.59. The van der Waals surface area contributed by atoms with Crippen molar-refractivity contribution in [3.8, 4) is 0 Å². The van der Waals surface area contributed by atoms with E-state index in [1.54, 1.807) is 42.8 Å². The second-order valence-electron chi connectivity index (χ2n) is 8.48. The van der Waals surface area contributed by atoms with Gasteiger partial charge in [-0.15, -0.1) is 11.8 Å². The van der Waals surface area contributed by atoms with Gasteiger partial charge in [0.05, 0.1) is 27.4 Å². The lowest BCUT2D eigenvalue weighted by molar-refractivity contribution is -0.143. The second-order valence-corrected chi connectivity index (χ2v) is 10.2. The van der Waals surface area contributed by atoms with Crippen LogP contribution in [0.3, 0.4) is 0 Å². The summed E-state index contributed by atoms with van der Waals surface area (Å²) >= 11 is 7.98. The highest BCUT2D eigenvalue weighted by Crippen LogP contribution is 2.43. The predicted octanol–water partition coefficient (Wildman–Crippen LogP) is 5.36. The monoisotopic (exact) mass is 509 g/mol. The molecule has 0 bridgehead atoms. The van der Waals surface area contributed by atoms with E-state index in [0.29, 0.717) is 50.0 Å². The van der Waals surface area contributed by atoms with Gasteiger partial charge in [0.2, 0.25) is 5.92 Å². The summed E-state index contributed by atoms with van der Waals surface area (Å²) in [5, 5.41) is 1.28. The van der Waals surface area contributed by atoms with Crippen molar-refractivity contribution in [2.75, 3.05) is 30.9 Å². The van der Waals surface area contributed by atoms with Crippen molar-refractivity contribution in [2.24, 2.45) is 5.92 Å². The van der Waals surface area contributed by atoms with Crippen molar-refractivity contribution in [2.45, 2.75) is 44.1 Å². The third kappa shape index (κ3) is 4.73. The van der Waals surface area contributed by atoms with E-state index in [1.807, 2.05) is 11.8 Å². The SMILES string of the molecule is CCOC(=O)Cn1c2nc(N(C)CC3CC(F)(F)C3)ccc2c(=O)c2ccc(Cl)c(SCC)c21. The van der Waals surface area contributed by atoms with Crippen LogP contribution in [0.15, 0.2) is 34.0 Å². The predicted molar refractivity (Wildman–Crippen MR) is 132 cm³/mol. The van der Waals surface area contributed by atoms with Gasteiger partial charge in [-0.3, -0.25) is 9.59 Å². The fraction of sp³-hybridized carbons (Fsp3) is 0.458. The molecule has 4 rings (SSSR count). The molecule has 34 heavy (non-hydrogen) atoms. The van der Waals surface area contributed by atoms with Crippen LogP contribution in [0.2, 0.25) is 5.02 Å². The van der Waals surface area contributed by atoms with Crippen LogP contribution < -0.4 is 10.3 Å². The second kappa shape index (κ2) is 9.70. The topological polar surface area (TPSA) is 64.4 Å². The van der Waals surface area contributed by atoms with Gasteiger partial charge in [-0.1, -0.05) is 18.5 Å². The average Bonchev–Trinajstić information content (AvgIpc) is 2.76. The molecule has 1 aliphatic rings. The summed E-state index contributed by atoms with van der Waals surface area (Å²) < 4.78 is 33.4. The summed E-state index contributed by atoms with van der Waals surface area (Å²) in [6.07, 6.45) is -0.279. The number of nitrogens with zero attached hydrogens (tertiary/aromatic N) is 3. The number of benzene rings is 1. The van der Waals surface area contributed by atoms with E-state index in [1.165, 1.54) is 11.8 Å². The molecule has 0 spiro atoms. The minimum absolute atomic E-state index is 0.123. The van der Waals surface area contributed by atoms with Crippen molar-refractivity contribution in [3.05, 3.63) is 39.5 Å². The summed E-state index contributed by atoms with van der Waals surface area (Å²) in [6.45, 7) is 4.20. The minimum Gasteiger partial charge on any atom is -0.465 e. The number of ether oxygens (including phenoxy) is 1. The van der Waals surface area contributed by atoms with Crippen LogP contribution in [-0.4, -0.2) is 47.4 Å². The van der Waals surface area contributed by atoms with E-state index in [9.17, 15) is 18.4 Å². The molecule has 1 fully saturated rings. The zero-order chi connectivity index (χ0) is 24.6. The normalized spacial score (nSPS) is 15.5. The first kappa shape index (κ1) is 24.7. The molecule has 6 nitrogen and oxygen atoms in total. The summed E-state index contributed by atoms with van der Waals surface area (Å²) in [5.41, 5.74) is 0.657. The lowest BCUT2D eigenvalue weighted by atomic mass is 9.81. The van der Waals surface area contributed by atoms with Gasteiger partial charge in [0.25, 0.3) is 0 Å². The molecule has 3 aromatic rings. The summed E-state index contributed by atoms with van der Waals surface area (Å²) in [5.74, 6) is -1.92. The fourth-order valence-corrected chi connectivity index (χ4v) is 5.62. The summed E-state index contributed by atoms with van der Waals surface area (Å²) in [4.78, 5) is 33.2. The van der Waals surface area contributed by atoms with E-state index in [2.05, 4.69) is 0 Å². The van der Waals surface area contributed by atoms with Gasteiger partial charge < -0.3 is 14.2 Å². The molecule has 0 saturated heterocycles. The van der Waals surface area contributed by atoms with Crippen molar-refractivity contribution >= 4 is 57.1 Å². The van der Waals surface area contributed by atoms with Gasteiger partial charge in [0.1, 0.15) is 18.0 Å². The number of thioether (sulfide) groups is 1. The van der Waals surface area contributed by atoms with E-state index in [0.717, 1.165) is 0 Å². The number of esters is 1. The number of pyridine rings is 2. The first-order valence-corrected chi connectivity index (χ1v) is 12.5. The lowest BCUT2D eigenvalue weighted by Crippen LogP contribution is -2.41. The highest BCUT2D eigenvalue weighted by molar-refractivity contribution is 7.99. The zero-order valence-electron chi connectivity index (χ0n) is 19.2. The highest BCUT2D eigenvalue weighted by atomic mass is 35.5. The maximum absolute atomic E-state index is 13.4. The number of aromatic nitrogens is 2. The molecule has 2 aromatic heterocycles. The van der Waals surface area contributed by atoms with Crippen LogP contribution >= 0.6 is 23.4 Å². The smallest absolute Gasteiger partial charge is 0.326 e. The molecule has 0 aliphatic heterocycles. The Bertz CT molecular complexity index is 1310. The molecule has 1 saturated carbocycles. The zero-order valence-corrected chi connectivity index (χ0v) is 20.8. The molecule has 0 unspecified atom stereocenters. The molecule has 2 heterocycles. The number of anilines is 1. The number of halogens is 3. The summed E-state index contributed by atoms with van der Waals surface area (Å²) in [7, 11) is 1.79. The van der Waals surface area contributed by atoms with Gasteiger partial charge in [0.15, 0.2) is 5.43 Å². The molecule has 0 atom stereocenters. The van der Waals surface area contributed by atoms with Crippen LogP contribution in [-0.2, 0) is 16.1 Å². The molecule has 0 N–H and O–H groups in total. The van der Waals surface area contributed by atoms with Crippen LogP contribution in [0.1, 0.15) is 26.7 Å². The third-order valence-corrected chi connectivity index (χ3v) is 7.36. The van der Waals surface area contributed by atoms with Crippen molar-refractivity contribution in [1.82, 2.24) is 9.55 Å². The highest BCUT2D eigenvalue weighted by Gasteiger charge is 2.45. The molecular formula is C24H26ClF2N3O3S. The largest absolute Gasteiger partial charge is 0.465 e. The van der Waals surface area contributed by atoms with Gasteiger partial charge in [-0.25, -0.2) is 13.8 Å². The number of carbonyl (C=O) groups excluding carboxylic acids is 1. The van der Waals surface area contributed by atoms with Crippen molar-refractivity contribution < 1.29 is 18.3 Å². The molecule has 10 heteroatoms. The Morgan fingerprint density at radius 1 is 1.26 bits per heavy atom. The van der Waals surface area contributed by atoms with Crippen LogP contribution in [0.4, 0.5) is 14.6 Å². The lowest BCUT2D eigenvalue weighted by Gasteiger charge is -2.37.